The summed E-state index contributed by atoms with van der Waals surface area (Å²) in [7, 11) is 1.90. The van der Waals surface area contributed by atoms with Gasteiger partial charge in [0, 0.05) is 12.5 Å². The Balaban J connectivity index is 2.89. The van der Waals surface area contributed by atoms with Crippen molar-refractivity contribution in [3.63, 3.8) is 0 Å². The van der Waals surface area contributed by atoms with Gasteiger partial charge in [-0.3, -0.25) is 0 Å². The van der Waals surface area contributed by atoms with Crippen LogP contribution in [0, 0.1) is 0 Å². The number of amides is 1. The van der Waals surface area contributed by atoms with Crippen molar-refractivity contribution in [2.75, 3.05) is 7.05 Å². The fourth-order valence-corrected chi connectivity index (χ4v) is 3.01. The smallest absolute Gasteiger partial charge is 0.408 e. The number of likely N-dealkylation sites (N-methyl/N-ethyl adjacent to an activating group) is 1. The molecule has 0 radical (unpaired) electrons. The summed E-state index contributed by atoms with van der Waals surface area (Å²) >= 11 is 1.20. The molecular formula is C15H28N4O2S. The molecule has 0 aliphatic rings. The number of alkyl carbamates (subject to hydrolysis) is 1. The molecule has 0 saturated carbocycles. The third-order valence-corrected chi connectivity index (χ3v) is 4.36. The van der Waals surface area contributed by atoms with E-state index in [2.05, 4.69) is 33.2 Å². The number of carbonyl (C=O) groups is 1. The molecule has 6 nitrogen and oxygen atoms in total. The van der Waals surface area contributed by atoms with Crippen molar-refractivity contribution in [2.24, 2.45) is 0 Å². The Morgan fingerprint density at radius 3 is 2.41 bits per heavy atom. The Kier molecular flexibility index (Phi) is 6.74. The monoisotopic (exact) mass is 328 g/mol. The predicted octanol–water partition coefficient (Wildman–Crippen LogP) is 2.75. The van der Waals surface area contributed by atoms with Gasteiger partial charge in [0.2, 0.25) is 0 Å². The van der Waals surface area contributed by atoms with Crippen molar-refractivity contribution in [3.05, 3.63) is 11.9 Å². The highest BCUT2D eigenvalue weighted by atomic mass is 32.1. The lowest BCUT2D eigenvalue weighted by Gasteiger charge is -2.40. The van der Waals surface area contributed by atoms with Crippen LogP contribution in [-0.2, 0) is 11.2 Å². The summed E-state index contributed by atoms with van der Waals surface area (Å²) in [6.45, 7) is 9.74. The first kappa shape index (κ1) is 18.8. The van der Waals surface area contributed by atoms with Gasteiger partial charge in [0.15, 0.2) is 0 Å². The minimum atomic E-state index is -0.509. The van der Waals surface area contributed by atoms with Gasteiger partial charge in [0.1, 0.15) is 5.60 Å². The topological polar surface area (TPSA) is 76.1 Å². The lowest BCUT2D eigenvalue weighted by molar-refractivity contribution is 0.0415. The zero-order chi connectivity index (χ0) is 16.8. The molecule has 0 aliphatic heterocycles. The predicted molar refractivity (Wildman–Crippen MR) is 89.1 cm³/mol. The Morgan fingerprint density at radius 2 is 2.00 bits per heavy atom. The van der Waals surface area contributed by atoms with Crippen LogP contribution in [0.5, 0.6) is 0 Å². The van der Waals surface area contributed by atoms with Crippen molar-refractivity contribution in [3.8, 4) is 0 Å². The molecule has 0 saturated heterocycles. The number of rotatable bonds is 7. The molecule has 1 rings (SSSR count). The van der Waals surface area contributed by atoms with Crippen LogP contribution in [0.2, 0.25) is 0 Å². The van der Waals surface area contributed by atoms with E-state index in [1.807, 2.05) is 27.8 Å². The summed E-state index contributed by atoms with van der Waals surface area (Å²) < 4.78 is 13.7. The number of hydrogen-bond donors (Lipinski definition) is 2. The summed E-state index contributed by atoms with van der Waals surface area (Å²) in [5.41, 5.74) is 0.0352. The average Bonchev–Trinajstić information content (AvgIpc) is 2.93. The largest absolute Gasteiger partial charge is 0.444 e. The normalized spacial score (nSPS) is 13.7. The van der Waals surface area contributed by atoms with Crippen LogP contribution in [0.4, 0.5) is 4.79 Å². The van der Waals surface area contributed by atoms with Gasteiger partial charge in [-0.05, 0) is 40.7 Å². The maximum absolute atomic E-state index is 12.2. The number of nitrogens with one attached hydrogen (secondary N) is 2. The van der Waals surface area contributed by atoms with E-state index >= 15 is 0 Å². The van der Waals surface area contributed by atoms with E-state index < -0.39 is 5.60 Å². The standard InChI is InChI=1S/C15H28N4O2S/c1-7-15(8-2,18-13(20)21-14(3,4)5)12(16-6)9-11-10-17-22-19-11/h10,12,16H,7-9H2,1-6H3,(H,18,20). The zero-order valence-electron chi connectivity index (χ0n) is 14.4. The third-order valence-electron chi connectivity index (χ3n) is 3.85. The minimum absolute atomic E-state index is 0.0546. The lowest BCUT2D eigenvalue weighted by atomic mass is 9.82. The van der Waals surface area contributed by atoms with E-state index in [0.717, 1.165) is 18.5 Å². The van der Waals surface area contributed by atoms with Gasteiger partial charge < -0.3 is 15.4 Å². The molecule has 0 aromatic carbocycles. The molecule has 0 bridgehead atoms. The summed E-state index contributed by atoms with van der Waals surface area (Å²) in [5.74, 6) is 0. The van der Waals surface area contributed by atoms with Crippen molar-refractivity contribution in [2.45, 2.75) is 71.1 Å². The van der Waals surface area contributed by atoms with Crippen LogP contribution in [0.3, 0.4) is 0 Å². The van der Waals surface area contributed by atoms with E-state index in [-0.39, 0.29) is 17.7 Å². The maximum atomic E-state index is 12.2. The third kappa shape index (κ3) is 5.21. The molecule has 22 heavy (non-hydrogen) atoms. The number of nitrogens with zero attached hydrogens (tertiary/aromatic N) is 2. The second kappa shape index (κ2) is 7.87. The van der Waals surface area contributed by atoms with Crippen molar-refractivity contribution < 1.29 is 9.53 Å². The van der Waals surface area contributed by atoms with Crippen molar-refractivity contribution >= 4 is 17.8 Å². The van der Waals surface area contributed by atoms with Crippen LogP contribution in [0.1, 0.15) is 53.2 Å². The molecule has 7 heteroatoms. The van der Waals surface area contributed by atoms with Gasteiger partial charge >= 0.3 is 6.09 Å². The summed E-state index contributed by atoms with van der Waals surface area (Å²) in [6, 6.07) is 0.0546. The number of hydrogen-bond acceptors (Lipinski definition) is 6. The molecule has 2 N–H and O–H groups in total. The highest BCUT2D eigenvalue weighted by Gasteiger charge is 2.38. The van der Waals surface area contributed by atoms with E-state index in [9.17, 15) is 4.79 Å². The second-order valence-corrected chi connectivity index (χ2v) is 6.99. The average molecular weight is 328 g/mol. The second-order valence-electron chi connectivity index (χ2n) is 6.43. The van der Waals surface area contributed by atoms with Gasteiger partial charge in [-0.2, -0.15) is 8.75 Å². The molecule has 126 valence electrons. The van der Waals surface area contributed by atoms with Gasteiger partial charge in [-0.15, -0.1) is 0 Å². The number of aromatic nitrogens is 2. The van der Waals surface area contributed by atoms with Crippen molar-refractivity contribution in [1.82, 2.24) is 19.4 Å². The maximum Gasteiger partial charge on any atom is 0.408 e. The molecule has 1 aromatic heterocycles. The van der Waals surface area contributed by atoms with E-state index in [1.165, 1.54) is 11.7 Å². The molecule has 1 atom stereocenters. The van der Waals surface area contributed by atoms with Crippen molar-refractivity contribution in [1.29, 1.82) is 0 Å². The SMILES string of the molecule is CCC(CC)(NC(=O)OC(C)(C)C)C(Cc1cnsn1)NC. The van der Waals surface area contributed by atoms with Crippen LogP contribution in [0.25, 0.3) is 0 Å². The van der Waals surface area contributed by atoms with E-state index in [4.69, 9.17) is 4.74 Å². The zero-order valence-corrected chi connectivity index (χ0v) is 15.2. The van der Waals surface area contributed by atoms with Gasteiger partial charge in [-0.25, -0.2) is 4.79 Å². The van der Waals surface area contributed by atoms with E-state index in [0.29, 0.717) is 6.42 Å². The molecule has 1 heterocycles. The van der Waals surface area contributed by atoms with Crippen LogP contribution >= 0.6 is 11.7 Å². The first-order chi connectivity index (χ1) is 10.3. The summed E-state index contributed by atoms with van der Waals surface area (Å²) in [5, 5.41) is 6.40. The summed E-state index contributed by atoms with van der Waals surface area (Å²) in [6.07, 6.45) is 3.70. The van der Waals surface area contributed by atoms with Gasteiger partial charge in [-0.1, -0.05) is 13.8 Å². The highest BCUT2D eigenvalue weighted by Crippen LogP contribution is 2.23. The quantitative estimate of drug-likeness (QED) is 0.805. The first-order valence-corrected chi connectivity index (χ1v) is 8.44. The Labute approximate surface area is 137 Å². The Bertz CT molecular complexity index is 453. The van der Waals surface area contributed by atoms with E-state index in [1.54, 1.807) is 6.20 Å². The van der Waals surface area contributed by atoms with Crippen LogP contribution < -0.4 is 10.6 Å². The summed E-state index contributed by atoms with van der Waals surface area (Å²) in [4.78, 5) is 12.2. The Hall–Kier alpha value is -1.21. The minimum Gasteiger partial charge on any atom is -0.444 e. The fraction of sp³-hybridized carbons (Fsp3) is 0.800. The first-order valence-electron chi connectivity index (χ1n) is 7.71. The van der Waals surface area contributed by atoms with Gasteiger partial charge in [0.05, 0.1) is 29.2 Å². The molecular weight excluding hydrogens is 300 g/mol. The molecule has 1 aromatic rings. The molecule has 0 spiro atoms. The molecule has 0 aliphatic carbocycles. The number of ether oxygens (including phenoxy) is 1. The highest BCUT2D eigenvalue weighted by molar-refractivity contribution is 6.99. The van der Waals surface area contributed by atoms with Gasteiger partial charge in [0.25, 0.3) is 0 Å². The lowest BCUT2D eigenvalue weighted by Crippen LogP contribution is -2.61. The fourth-order valence-electron chi connectivity index (χ4n) is 2.57. The number of carbonyl (C=O) groups excluding carboxylic acids is 1. The molecule has 0 fully saturated rings. The van der Waals surface area contributed by atoms with Crippen LogP contribution in [0.15, 0.2) is 6.20 Å². The Morgan fingerprint density at radius 1 is 1.36 bits per heavy atom. The molecule has 1 unspecified atom stereocenters. The van der Waals surface area contributed by atoms with Crippen LogP contribution in [-0.4, -0.2) is 39.1 Å². The molecule has 1 amide bonds.